The molecule has 13 heavy (non-hydrogen) atoms. The van der Waals surface area contributed by atoms with Crippen molar-refractivity contribution in [2.24, 2.45) is 0 Å². The maximum atomic E-state index is 10.8. The standard InChI is InChI=1S/C9H17NO3/c1-7(11)8(10(2)3)5-6-9(12)13-4/h5-8,11H,1-4H3/t7-,8+/m0/s1. The summed E-state index contributed by atoms with van der Waals surface area (Å²) in [7, 11) is 4.98. The van der Waals surface area contributed by atoms with Crippen LogP contribution in [0.4, 0.5) is 0 Å². The lowest BCUT2D eigenvalue weighted by molar-refractivity contribution is -0.134. The van der Waals surface area contributed by atoms with Crippen LogP contribution in [0.3, 0.4) is 0 Å². The zero-order valence-corrected chi connectivity index (χ0v) is 8.52. The number of esters is 1. The molecule has 0 amide bonds. The van der Waals surface area contributed by atoms with E-state index in [0.717, 1.165) is 0 Å². The molecular weight excluding hydrogens is 170 g/mol. The Morgan fingerprint density at radius 2 is 2.08 bits per heavy atom. The highest BCUT2D eigenvalue weighted by Gasteiger charge is 2.13. The van der Waals surface area contributed by atoms with E-state index in [1.807, 2.05) is 19.0 Å². The number of hydrogen-bond donors (Lipinski definition) is 1. The van der Waals surface area contributed by atoms with Gasteiger partial charge in [-0.15, -0.1) is 0 Å². The Labute approximate surface area is 78.8 Å². The molecule has 0 aliphatic carbocycles. The molecule has 0 aromatic carbocycles. The maximum Gasteiger partial charge on any atom is 0.330 e. The third kappa shape index (κ3) is 4.65. The van der Waals surface area contributed by atoms with Crippen LogP contribution in [-0.4, -0.2) is 49.3 Å². The molecule has 0 rings (SSSR count). The molecule has 0 fully saturated rings. The highest BCUT2D eigenvalue weighted by atomic mass is 16.5. The van der Waals surface area contributed by atoms with Gasteiger partial charge in [0, 0.05) is 6.08 Å². The minimum atomic E-state index is -0.518. The summed E-state index contributed by atoms with van der Waals surface area (Å²) in [6.45, 7) is 1.67. The average Bonchev–Trinajstić information content (AvgIpc) is 2.03. The van der Waals surface area contributed by atoms with E-state index in [2.05, 4.69) is 4.74 Å². The molecule has 0 unspecified atom stereocenters. The van der Waals surface area contributed by atoms with Gasteiger partial charge in [-0.1, -0.05) is 6.08 Å². The lowest BCUT2D eigenvalue weighted by atomic mass is 10.1. The van der Waals surface area contributed by atoms with Crippen molar-refractivity contribution in [3.05, 3.63) is 12.2 Å². The Bertz CT molecular complexity index is 179. The summed E-state index contributed by atoms with van der Waals surface area (Å²) in [5.74, 6) is -0.410. The van der Waals surface area contributed by atoms with Crippen LogP contribution >= 0.6 is 0 Å². The first-order valence-electron chi connectivity index (χ1n) is 4.09. The van der Waals surface area contributed by atoms with Gasteiger partial charge in [-0.3, -0.25) is 0 Å². The molecular formula is C9H17NO3. The van der Waals surface area contributed by atoms with E-state index < -0.39 is 12.1 Å². The molecule has 0 heterocycles. The van der Waals surface area contributed by atoms with Crippen LogP contribution < -0.4 is 0 Å². The van der Waals surface area contributed by atoms with E-state index in [0.29, 0.717) is 0 Å². The summed E-state index contributed by atoms with van der Waals surface area (Å²) in [5, 5.41) is 9.32. The lowest BCUT2D eigenvalue weighted by Gasteiger charge is -2.23. The Morgan fingerprint density at radius 1 is 1.54 bits per heavy atom. The van der Waals surface area contributed by atoms with Crippen molar-refractivity contribution >= 4 is 5.97 Å². The molecule has 0 aromatic rings. The van der Waals surface area contributed by atoms with Crippen molar-refractivity contribution in [2.75, 3.05) is 21.2 Å². The van der Waals surface area contributed by atoms with Crippen molar-refractivity contribution in [2.45, 2.75) is 19.1 Å². The molecule has 0 aromatic heterocycles. The molecule has 0 spiro atoms. The van der Waals surface area contributed by atoms with Crippen molar-refractivity contribution in [3.8, 4) is 0 Å². The van der Waals surface area contributed by atoms with Gasteiger partial charge in [0.1, 0.15) is 0 Å². The van der Waals surface area contributed by atoms with Gasteiger partial charge in [0.25, 0.3) is 0 Å². The van der Waals surface area contributed by atoms with Gasteiger partial charge in [0.2, 0.25) is 0 Å². The molecule has 0 bridgehead atoms. The summed E-state index contributed by atoms with van der Waals surface area (Å²) in [6.07, 6.45) is 2.42. The molecule has 0 radical (unpaired) electrons. The molecule has 76 valence electrons. The number of methoxy groups -OCH3 is 1. The van der Waals surface area contributed by atoms with E-state index in [1.165, 1.54) is 13.2 Å². The van der Waals surface area contributed by atoms with Crippen LogP contribution in [0.15, 0.2) is 12.2 Å². The number of aliphatic hydroxyl groups is 1. The number of likely N-dealkylation sites (N-methyl/N-ethyl adjacent to an activating group) is 1. The van der Waals surface area contributed by atoms with E-state index in [-0.39, 0.29) is 6.04 Å². The largest absolute Gasteiger partial charge is 0.466 e. The molecule has 4 nitrogen and oxygen atoms in total. The minimum Gasteiger partial charge on any atom is -0.466 e. The maximum absolute atomic E-state index is 10.8. The molecule has 0 saturated heterocycles. The fraction of sp³-hybridized carbons (Fsp3) is 0.667. The zero-order valence-electron chi connectivity index (χ0n) is 8.52. The molecule has 1 N–H and O–H groups in total. The second-order valence-corrected chi connectivity index (χ2v) is 3.08. The summed E-state index contributed by atoms with van der Waals surface area (Å²) in [6, 6.07) is -0.168. The molecule has 4 heteroatoms. The first kappa shape index (κ1) is 12.1. The second-order valence-electron chi connectivity index (χ2n) is 3.08. The quantitative estimate of drug-likeness (QED) is 0.498. The zero-order chi connectivity index (χ0) is 10.4. The van der Waals surface area contributed by atoms with Crippen LogP contribution in [0.5, 0.6) is 0 Å². The van der Waals surface area contributed by atoms with Gasteiger partial charge in [-0.25, -0.2) is 4.79 Å². The predicted molar refractivity (Wildman–Crippen MR) is 50.3 cm³/mol. The van der Waals surface area contributed by atoms with Gasteiger partial charge < -0.3 is 14.7 Å². The predicted octanol–water partition coefficient (Wildman–Crippen LogP) is 0.0266. The Kier molecular flexibility index (Phi) is 5.34. The van der Waals surface area contributed by atoms with E-state index in [4.69, 9.17) is 0 Å². The Balaban J connectivity index is 4.25. The smallest absolute Gasteiger partial charge is 0.330 e. The second kappa shape index (κ2) is 5.72. The van der Waals surface area contributed by atoms with Gasteiger partial charge in [0.05, 0.1) is 19.3 Å². The first-order chi connectivity index (χ1) is 5.99. The molecule has 0 aliphatic rings. The Hall–Kier alpha value is -0.870. The molecule has 0 saturated carbocycles. The topological polar surface area (TPSA) is 49.8 Å². The number of ether oxygens (including phenoxy) is 1. The minimum absolute atomic E-state index is 0.168. The lowest BCUT2D eigenvalue weighted by Crippen LogP contribution is -2.35. The van der Waals surface area contributed by atoms with Gasteiger partial charge in [-0.05, 0) is 21.0 Å². The number of carbonyl (C=O) groups excluding carboxylic acids is 1. The fourth-order valence-electron chi connectivity index (χ4n) is 1.01. The normalized spacial score (nSPS) is 16.2. The highest BCUT2D eigenvalue weighted by Crippen LogP contribution is 2.01. The number of rotatable bonds is 4. The molecule has 2 atom stereocenters. The summed E-state index contributed by atoms with van der Waals surface area (Å²) in [5.41, 5.74) is 0. The van der Waals surface area contributed by atoms with Gasteiger partial charge in [0.15, 0.2) is 0 Å². The Morgan fingerprint density at radius 3 is 2.38 bits per heavy atom. The van der Waals surface area contributed by atoms with Crippen LogP contribution in [-0.2, 0) is 9.53 Å². The van der Waals surface area contributed by atoms with Gasteiger partial charge in [-0.2, -0.15) is 0 Å². The number of aliphatic hydroxyl groups excluding tert-OH is 1. The first-order valence-corrected chi connectivity index (χ1v) is 4.09. The van der Waals surface area contributed by atoms with Crippen LogP contribution in [0.25, 0.3) is 0 Å². The number of hydrogen-bond acceptors (Lipinski definition) is 4. The molecule has 0 aliphatic heterocycles. The summed E-state index contributed by atoms with van der Waals surface area (Å²) in [4.78, 5) is 12.6. The summed E-state index contributed by atoms with van der Waals surface area (Å²) < 4.78 is 4.43. The average molecular weight is 187 g/mol. The van der Waals surface area contributed by atoms with Crippen LogP contribution in [0.1, 0.15) is 6.92 Å². The van der Waals surface area contributed by atoms with Gasteiger partial charge >= 0.3 is 5.97 Å². The highest BCUT2D eigenvalue weighted by molar-refractivity contribution is 5.81. The SMILES string of the molecule is COC(=O)C=C[C@H]([C@H](C)O)N(C)C. The van der Waals surface area contributed by atoms with Crippen LogP contribution in [0, 0.1) is 0 Å². The number of carbonyl (C=O) groups is 1. The third-order valence-electron chi connectivity index (χ3n) is 1.72. The van der Waals surface area contributed by atoms with E-state index in [1.54, 1.807) is 13.0 Å². The third-order valence-corrected chi connectivity index (χ3v) is 1.72. The summed E-state index contributed by atoms with van der Waals surface area (Å²) >= 11 is 0. The van der Waals surface area contributed by atoms with Crippen molar-refractivity contribution in [1.29, 1.82) is 0 Å². The number of nitrogens with zero attached hydrogens (tertiary/aromatic N) is 1. The van der Waals surface area contributed by atoms with Crippen molar-refractivity contribution < 1.29 is 14.6 Å². The van der Waals surface area contributed by atoms with E-state index in [9.17, 15) is 9.90 Å². The monoisotopic (exact) mass is 187 g/mol. The van der Waals surface area contributed by atoms with Crippen LogP contribution in [0.2, 0.25) is 0 Å². The van der Waals surface area contributed by atoms with E-state index >= 15 is 0 Å². The van der Waals surface area contributed by atoms with Crippen molar-refractivity contribution in [3.63, 3.8) is 0 Å². The van der Waals surface area contributed by atoms with Crippen molar-refractivity contribution in [1.82, 2.24) is 4.90 Å². The fourth-order valence-corrected chi connectivity index (χ4v) is 1.01.